The zero-order valence-corrected chi connectivity index (χ0v) is 9.95. The van der Waals surface area contributed by atoms with Crippen LogP contribution in [0.1, 0.15) is 19.8 Å². The first kappa shape index (κ1) is 13.0. The van der Waals surface area contributed by atoms with Gasteiger partial charge < -0.3 is 10.1 Å². The smallest absolute Gasteiger partial charge is 0.411 e. The van der Waals surface area contributed by atoms with Crippen molar-refractivity contribution in [1.29, 1.82) is 0 Å². The van der Waals surface area contributed by atoms with Crippen LogP contribution < -0.4 is 10.6 Å². The number of methoxy groups -OCH3 is 1. The van der Waals surface area contributed by atoms with E-state index < -0.39 is 6.09 Å². The number of amides is 2. The second-order valence-electron chi connectivity index (χ2n) is 3.49. The summed E-state index contributed by atoms with van der Waals surface area (Å²) in [6, 6.07) is 6.83. The predicted molar refractivity (Wildman–Crippen MR) is 66.0 cm³/mol. The maximum absolute atomic E-state index is 11.3. The van der Waals surface area contributed by atoms with Gasteiger partial charge in [0.1, 0.15) is 0 Å². The van der Waals surface area contributed by atoms with E-state index in [1.54, 1.807) is 24.3 Å². The van der Waals surface area contributed by atoms with Crippen molar-refractivity contribution in [3.05, 3.63) is 24.3 Å². The van der Waals surface area contributed by atoms with Crippen molar-refractivity contribution in [1.82, 2.24) is 0 Å². The molecule has 0 aliphatic carbocycles. The zero-order chi connectivity index (χ0) is 12.7. The molecular weight excluding hydrogens is 220 g/mol. The van der Waals surface area contributed by atoms with Crippen molar-refractivity contribution >= 4 is 23.4 Å². The number of hydrogen-bond donors (Lipinski definition) is 2. The van der Waals surface area contributed by atoms with Gasteiger partial charge in [-0.05, 0) is 30.7 Å². The maximum Gasteiger partial charge on any atom is 0.411 e. The Morgan fingerprint density at radius 2 is 1.65 bits per heavy atom. The Hall–Kier alpha value is -2.04. The lowest BCUT2D eigenvalue weighted by molar-refractivity contribution is -0.116. The minimum absolute atomic E-state index is 0.0128. The van der Waals surface area contributed by atoms with Crippen LogP contribution >= 0.6 is 0 Å². The first-order valence-electron chi connectivity index (χ1n) is 5.40. The predicted octanol–water partition coefficient (Wildman–Crippen LogP) is 2.60. The Bertz CT molecular complexity index is 387. The first-order chi connectivity index (χ1) is 8.15. The Morgan fingerprint density at radius 1 is 1.12 bits per heavy atom. The second-order valence-corrected chi connectivity index (χ2v) is 3.49. The van der Waals surface area contributed by atoms with Crippen LogP contribution in [-0.2, 0) is 9.53 Å². The molecule has 0 spiro atoms. The van der Waals surface area contributed by atoms with Gasteiger partial charge in [-0.15, -0.1) is 0 Å². The third-order valence-electron chi connectivity index (χ3n) is 2.08. The molecule has 0 atom stereocenters. The van der Waals surface area contributed by atoms with Gasteiger partial charge in [0.25, 0.3) is 0 Å². The average molecular weight is 236 g/mol. The van der Waals surface area contributed by atoms with E-state index in [1.807, 2.05) is 6.92 Å². The second kappa shape index (κ2) is 6.52. The van der Waals surface area contributed by atoms with Crippen LogP contribution in [0.25, 0.3) is 0 Å². The van der Waals surface area contributed by atoms with E-state index >= 15 is 0 Å². The van der Waals surface area contributed by atoms with Gasteiger partial charge in [-0.2, -0.15) is 0 Å². The van der Waals surface area contributed by atoms with Gasteiger partial charge >= 0.3 is 6.09 Å². The van der Waals surface area contributed by atoms with E-state index in [4.69, 9.17) is 0 Å². The van der Waals surface area contributed by atoms with Crippen LogP contribution in [-0.4, -0.2) is 19.1 Å². The van der Waals surface area contributed by atoms with Gasteiger partial charge in [-0.25, -0.2) is 4.79 Å². The lowest BCUT2D eigenvalue weighted by atomic mass is 10.2. The molecule has 0 unspecified atom stereocenters. The van der Waals surface area contributed by atoms with Crippen molar-refractivity contribution in [2.24, 2.45) is 0 Å². The van der Waals surface area contributed by atoms with Gasteiger partial charge in [0.15, 0.2) is 0 Å². The average Bonchev–Trinajstić information content (AvgIpc) is 2.32. The number of hydrogen-bond acceptors (Lipinski definition) is 3. The Labute approximate surface area is 100 Å². The summed E-state index contributed by atoms with van der Waals surface area (Å²) in [5, 5.41) is 5.28. The van der Waals surface area contributed by atoms with E-state index in [0.717, 1.165) is 6.42 Å². The zero-order valence-electron chi connectivity index (χ0n) is 9.95. The number of carbonyl (C=O) groups excluding carboxylic acids is 2. The molecule has 0 saturated carbocycles. The molecule has 1 aromatic carbocycles. The molecule has 0 bridgehead atoms. The summed E-state index contributed by atoms with van der Waals surface area (Å²) in [6.45, 7) is 1.95. The number of carbonyl (C=O) groups is 2. The summed E-state index contributed by atoms with van der Waals surface area (Å²) in [7, 11) is 1.30. The molecule has 0 fully saturated rings. The van der Waals surface area contributed by atoms with Crippen molar-refractivity contribution < 1.29 is 14.3 Å². The fourth-order valence-electron chi connectivity index (χ4n) is 1.26. The molecule has 0 saturated heterocycles. The van der Waals surface area contributed by atoms with Gasteiger partial charge in [-0.1, -0.05) is 6.92 Å². The van der Waals surface area contributed by atoms with Gasteiger partial charge in [0.05, 0.1) is 7.11 Å². The molecule has 5 nitrogen and oxygen atoms in total. The van der Waals surface area contributed by atoms with Crippen molar-refractivity contribution in [3.63, 3.8) is 0 Å². The van der Waals surface area contributed by atoms with Crippen molar-refractivity contribution in [2.45, 2.75) is 19.8 Å². The van der Waals surface area contributed by atoms with Crippen LogP contribution in [0, 0.1) is 0 Å². The fraction of sp³-hybridized carbons (Fsp3) is 0.333. The third-order valence-corrected chi connectivity index (χ3v) is 2.08. The Balaban J connectivity index is 2.55. The highest BCUT2D eigenvalue weighted by atomic mass is 16.5. The monoisotopic (exact) mass is 236 g/mol. The molecule has 0 aliphatic rings. The van der Waals surface area contributed by atoms with Crippen LogP contribution in [0.4, 0.5) is 16.2 Å². The van der Waals surface area contributed by atoms with E-state index in [2.05, 4.69) is 15.4 Å². The highest BCUT2D eigenvalue weighted by Crippen LogP contribution is 2.14. The molecule has 0 heterocycles. The topological polar surface area (TPSA) is 67.4 Å². The van der Waals surface area contributed by atoms with Crippen LogP contribution in [0.3, 0.4) is 0 Å². The maximum atomic E-state index is 11.3. The lowest BCUT2D eigenvalue weighted by Gasteiger charge is -2.06. The van der Waals surface area contributed by atoms with Gasteiger partial charge in [0, 0.05) is 17.8 Å². The van der Waals surface area contributed by atoms with E-state index in [1.165, 1.54) is 7.11 Å². The molecule has 0 radical (unpaired) electrons. The molecular formula is C12H16N2O3. The number of rotatable bonds is 4. The summed E-state index contributed by atoms with van der Waals surface area (Å²) in [5.74, 6) is -0.0128. The molecule has 0 aromatic heterocycles. The van der Waals surface area contributed by atoms with Crippen LogP contribution in [0.2, 0.25) is 0 Å². The van der Waals surface area contributed by atoms with Gasteiger partial charge in [-0.3, -0.25) is 10.1 Å². The summed E-state index contributed by atoms with van der Waals surface area (Å²) < 4.78 is 4.46. The highest BCUT2D eigenvalue weighted by molar-refractivity contribution is 5.91. The SMILES string of the molecule is CCCC(=O)Nc1ccc(NC(=O)OC)cc1. The summed E-state index contributed by atoms with van der Waals surface area (Å²) >= 11 is 0. The lowest BCUT2D eigenvalue weighted by Crippen LogP contribution is -2.12. The fourth-order valence-corrected chi connectivity index (χ4v) is 1.26. The molecule has 0 aliphatic heterocycles. The quantitative estimate of drug-likeness (QED) is 0.844. The van der Waals surface area contributed by atoms with Crippen LogP contribution in [0.5, 0.6) is 0 Å². The molecule has 2 amide bonds. The Kier molecular flexibility index (Phi) is 5.00. The molecule has 17 heavy (non-hydrogen) atoms. The number of anilines is 2. The molecule has 1 aromatic rings. The van der Waals surface area contributed by atoms with E-state index in [9.17, 15) is 9.59 Å². The van der Waals surface area contributed by atoms with E-state index in [0.29, 0.717) is 17.8 Å². The number of benzene rings is 1. The summed E-state index contributed by atoms with van der Waals surface area (Å²) in [4.78, 5) is 22.2. The Morgan fingerprint density at radius 3 is 2.12 bits per heavy atom. The normalized spacial score (nSPS) is 9.53. The first-order valence-corrected chi connectivity index (χ1v) is 5.40. The summed E-state index contributed by atoms with van der Waals surface area (Å²) in [5.41, 5.74) is 1.32. The highest BCUT2D eigenvalue weighted by Gasteiger charge is 2.02. The summed E-state index contributed by atoms with van der Waals surface area (Å²) in [6.07, 6.45) is 0.795. The van der Waals surface area contributed by atoms with Crippen molar-refractivity contribution in [3.8, 4) is 0 Å². The molecule has 5 heteroatoms. The molecule has 92 valence electrons. The molecule has 1 rings (SSSR count). The minimum atomic E-state index is -0.521. The standard InChI is InChI=1S/C12H16N2O3/c1-3-4-11(15)13-9-5-7-10(8-6-9)14-12(16)17-2/h5-8H,3-4H2,1-2H3,(H,13,15)(H,14,16). The third kappa shape index (κ3) is 4.55. The van der Waals surface area contributed by atoms with Crippen LogP contribution in [0.15, 0.2) is 24.3 Å². The van der Waals surface area contributed by atoms with Gasteiger partial charge in [0.2, 0.25) is 5.91 Å². The largest absolute Gasteiger partial charge is 0.453 e. The number of nitrogens with one attached hydrogen (secondary N) is 2. The van der Waals surface area contributed by atoms with E-state index in [-0.39, 0.29) is 5.91 Å². The number of ether oxygens (including phenoxy) is 1. The molecule has 2 N–H and O–H groups in total. The minimum Gasteiger partial charge on any atom is -0.453 e. The van der Waals surface area contributed by atoms with Crippen molar-refractivity contribution in [2.75, 3.05) is 17.7 Å².